The van der Waals surface area contributed by atoms with Gasteiger partial charge in [0.15, 0.2) is 11.5 Å². The van der Waals surface area contributed by atoms with E-state index in [1.54, 1.807) is 19.2 Å². The number of rotatable bonds is 9. The largest absolute Gasteiger partial charge is 0.493 e. The van der Waals surface area contributed by atoms with E-state index >= 15 is 0 Å². The van der Waals surface area contributed by atoms with E-state index in [-0.39, 0.29) is 5.56 Å². The van der Waals surface area contributed by atoms with Crippen LogP contribution >= 0.6 is 15.9 Å². The van der Waals surface area contributed by atoms with Crippen molar-refractivity contribution in [2.45, 2.75) is 19.7 Å². The number of carboxylic acids is 1. The Morgan fingerprint density at radius 2 is 1.66 bits per heavy atom. The van der Waals surface area contributed by atoms with Gasteiger partial charge in [-0.15, -0.1) is 0 Å². The smallest absolute Gasteiger partial charge is 0.335 e. The highest BCUT2D eigenvalue weighted by atomic mass is 79.9. The minimum atomic E-state index is -0.920. The lowest BCUT2D eigenvalue weighted by molar-refractivity contribution is 0.0697. The van der Waals surface area contributed by atoms with Crippen LogP contribution in [0.2, 0.25) is 0 Å². The van der Waals surface area contributed by atoms with Crippen molar-refractivity contribution in [2.75, 3.05) is 7.11 Å². The lowest BCUT2D eigenvalue weighted by Crippen LogP contribution is -2.13. The third-order valence-corrected chi connectivity index (χ3v) is 4.96. The molecule has 0 spiro atoms. The molecule has 3 rings (SSSR count). The quantitative estimate of drug-likeness (QED) is 0.473. The first kappa shape index (κ1) is 20.9. The molecule has 0 aromatic heterocycles. The monoisotopic (exact) mass is 455 g/mol. The number of carbonyl (C=O) groups is 1. The van der Waals surface area contributed by atoms with E-state index in [1.807, 2.05) is 54.6 Å². The maximum atomic E-state index is 10.9. The molecule has 0 radical (unpaired) electrons. The number of methoxy groups -OCH3 is 1. The maximum absolute atomic E-state index is 10.9. The highest BCUT2D eigenvalue weighted by molar-refractivity contribution is 9.10. The molecule has 0 aliphatic carbocycles. The second kappa shape index (κ2) is 10.1. The van der Waals surface area contributed by atoms with Gasteiger partial charge in [-0.2, -0.15) is 0 Å². The highest BCUT2D eigenvalue weighted by Gasteiger charge is 2.12. The summed E-state index contributed by atoms with van der Waals surface area (Å²) in [4.78, 5) is 10.9. The molecule has 0 bridgehead atoms. The zero-order valence-corrected chi connectivity index (χ0v) is 17.6. The number of nitrogens with one attached hydrogen (secondary N) is 1. The lowest BCUT2D eigenvalue weighted by atomic mass is 10.1. The summed E-state index contributed by atoms with van der Waals surface area (Å²) in [6.07, 6.45) is 0. The van der Waals surface area contributed by atoms with E-state index in [0.29, 0.717) is 31.2 Å². The number of ether oxygens (including phenoxy) is 2. The summed E-state index contributed by atoms with van der Waals surface area (Å²) >= 11 is 3.58. The van der Waals surface area contributed by atoms with E-state index in [4.69, 9.17) is 14.6 Å². The SMILES string of the molecule is COc1cc(CNCc2ccc(C(=O)O)cc2)cc(Br)c1OCc1ccccc1. The van der Waals surface area contributed by atoms with Gasteiger partial charge < -0.3 is 19.9 Å². The zero-order valence-electron chi connectivity index (χ0n) is 16.0. The van der Waals surface area contributed by atoms with E-state index in [9.17, 15) is 4.79 Å². The van der Waals surface area contributed by atoms with Crippen LogP contribution in [0.3, 0.4) is 0 Å². The Morgan fingerprint density at radius 3 is 2.31 bits per heavy atom. The van der Waals surface area contributed by atoms with Crippen LogP contribution in [-0.2, 0) is 19.7 Å². The van der Waals surface area contributed by atoms with Crippen molar-refractivity contribution in [1.29, 1.82) is 0 Å². The van der Waals surface area contributed by atoms with Crippen LogP contribution in [0.25, 0.3) is 0 Å². The highest BCUT2D eigenvalue weighted by Crippen LogP contribution is 2.37. The molecule has 0 amide bonds. The van der Waals surface area contributed by atoms with Gasteiger partial charge in [0.1, 0.15) is 6.61 Å². The van der Waals surface area contributed by atoms with Gasteiger partial charge >= 0.3 is 5.97 Å². The molecule has 5 nitrogen and oxygen atoms in total. The van der Waals surface area contributed by atoms with Crippen molar-refractivity contribution in [1.82, 2.24) is 5.32 Å². The Morgan fingerprint density at radius 1 is 0.966 bits per heavy atom. The Kier molecular flexibility index (Phi) is 7.27. The first-order valence-electron chi connectivity index (χ1n) is 9.13. The summed E-state index contributed by atoms with van der Waals surface area (Å²) in [5.41, 5.74) is 3.43. The Bertz CT molecular complexity index is 959. The van der Waals surface area contributed by atoms with Crippen molar-refractivity contribution >= 4 is 21.9 Å². The predicted octanol–water partition coefficient (Wildman–Crippen LogP) is 5.02. The van der Waals surface area contributed by atoms with Crippen LogP contribution < -0.4 is 14.8 Å². The average molecular weight is 456 g/mol. The fourth-order valence-corrected chi connectivity index (χ4v) is 3.47. The molecule has 0 atom stereocenters. The number of carboxylic acid groups (broad SMARTS) is 1. The van der Waals surface area contributed by atoms with Crippen LogP contribution in [-0.4, -0.2) is 18.2 Å². The molecule has 0 heterocycles. The average Bonchev–Trinajstić information content (AvgIpc) is 2.73. The first-order valence-corrected chi connectivity index (χ1v) is 9.92. The summed E-state index contributed by atoms with van der Waals surface area (Å²) in [6, 6.07) is 20.8. The fraction of sp³-hybridized carbons (Fsp3) is 0.174. The van der Waals surface area contributed by atoms with Crippen LogP contribution in [0.15, 0.2) is 71.2 Å². The van der Waals surface area contributed by atoms with Gasteiger partial charge in [-0.25, -0.2) is 4.79 Å². The first-order chi connectivity index (χ1) is 14.1. The third kappa shape index (κ3) is 5.82. The van der Waals surface area contributed by atoms with Crippen molar-refractivity contribution in [3.63, 3.8) is 0 Å². The summed E-state index contributed by atoms with van der Waals surface area (Å²) < 4.78 is 12.3. The molecular weight excluding hydrogens is 434 g/mol. The minimum absolute atomic E-state index is 0.286. The molecule has 150 valence electrons. The van der Waals surface area contributed by atoms with Gasteiger partial charge in [0, 0.05) is 13.1 Å². The molecule has 3 aromatic carbocycles. The number of hydrogen-bond donors (Lipinski definition) is 2. The number of aromatic carboxylic acids is 1. The summed E-state index contributed by atoms with van der Waals surface area (Å²) in [5.74, 6) is 0.415. The zero-order chi connectivity index (χ0) is 20.6. The molecule has 0 aliphatic heterocycles. The van der Waals surface area contributed by atoms with E-state index < -0.39 is 5.97 Å². The predicted molar refractivity (Wildman–Crippen MR) is 115 cm³/mol. The molecular formula is C23H22BrNO4. The van der Waals surface area contributed by atoms with Gasteiger partial charge in [-0.1, -0.05) is 42.5 Å². The lowest BCUT2D eigenvalue weighted by Gasteiger charge is -2.15. The molecule has 0 unspecified atom stereocenters. The summed E-state index contributed by atoms with van der Waals surface area (Å²) in [5, 5.41) is 12.3. The van der Waals surface area contributed by atoms with Crippen LogP contribution in [0.4, 0.5) is 0 Å². The van der Waals surface area contributed by atoms with Crippen molar-refractivity contribution in [3.8, 4) is 11.5 Å². The van der Waals surface area contributed by atoms with Gasteiger partial charge in [0.05, 0.1) is 17.1 Å². The normalized spacial score (nSPS) is 10.6. The number of halogens is 1. The molecule has 3 aromatic rings. The van der Waals surface area contributed by atoms with Crippen LogP contribution in [0.5, 0.6) is 11.5 Å². The molecule has 6 heteroatoms. The van der Waals surface area contributed by atoms with Gasteiger partial charge in [-0.05, 0) is 56.9 Å². The third-order valence-electron chi connectivity index (χ3n) is 4.37. The van der Waals surface area contributed by atoms with Crippen molar-refractivity contribution in [3.05, 3.63) is 93.5 Å². The van der Waals surface area contributed by atoms with Gasteiger partial charge in [0.25, 0.3) is 0 Å². The number of hydrogen-bond acceptors (Lipinski definition) is 4. The fourth-order valence-electron chi connectivity index (χ4n) is 2.86. The Hall–Kier alpha value is -2.83. The minimum Gasteiger partial charge on any atom is -0.493 e. The van der Waals surface area contributed by atoms with Gasteiger partial charge in [0.2, 0.25) is 0 Å². The topological polar surface area (TPSA) is 67.8 Å². The summed E-state index contributed by atoms with van der Waals surface area (Å²) in [7, 11) is 1.62. The van der Waals surface area contributed by atoms with Crippen molar-refractivity contribution in [2.24, 2.45) is 0 Å². The Balaban J connectivity index is 1.61. The molecule has 0 fully saturated rings. The van der Waals surface area contributed by atoms with Crippen LogP contribution in [0.1, 0.15) is 27.0 Å². The maximum Gasteiger partial charge on any atom is 0.335 e. The van der Waals surface area contributed by atoms with E-state index in [2.05, 4.69) is 21.2 Å². The standard InChI is InChI=1S/C23H22BrNO4/c1-28-21-12-18(14-25-13-16-7-9-19(10-8-16)23(26)27)11-20(24)22(21)29-15-17-5-3-2-4-6-17/h2-12,25H,13-15H2,1H3,(H,26,27). The van der Waals surface area contributed by atoms with E-state index in [1.165, 1.54) is 0 Å². The molecule has 2 N–H and O–H groups in total. The molecule has 0 aliphatic rings. The van der Waals surface area contributed by atoms with Gasteiger partial charge in [-0.3, -0.25) is 0 Å². The molecule has 29 heavy (non-hydrogen) atoms. The summed E-state index contributed by atoms with van der Waals surface area (Å²) in [6.45, 7) is 1.72. The number of benzene rings is 3. The second-order valence-electron chi connectivity index (χ2n) is 6.49. The van der Waals surface area contributed by atoms with Crippen molar-refractivity contribution < 1.29 is 19.4 Å². The Labute approximate surface area is 178 Å². The molecule has 0 saturated heterocycles. The van der Waals surface area contributed by atoms with E-state index in [0.717, 1.165) is 21.2 Å². The van der Waals surface area contributed by atoms with Crippen LogP contribution in [0, 0.1) is 0 Å². The molecule has 0 saturated carbocycles. The second-order valence-corrected chi connectivity index (χ2v) is 7.34.